The zero-order valence-electron chi connectivity index (χ0n) is 10.6. The highest BCUT2D eigenvalue weighted by Crippen LogP contribution is 2.30. The Kier molecular flexibility index (Phi) is 4.48. The Morgan fingerprint density at radius 1 is 1.28 bits per heavy atom. The maximum Gasteiger partial charge on any atom is 0.206 e. The summed E-state index contributed by atoms with van der Waals surface area (Å²) in [6.07, 6.45) is 1.08. The standard InChI is InChI=1S/C11H15N5S2/c1-4-5-12-10-15-16-11(18-10)17-9-6-7(2)13-8(3)14-9/h6H,4-5H2,1-3H3,(H,12,15). The monoisotopic (exact) mass is 281 g/mol. The van der Waals surface area contributed by atoms with Gasteiger partial charge in [-0.25, -0.2) is 9.97 Å². The SMILES string of the molecule is CCCNc1nnc(Sc2cc(C)nc(C)n2)s1. The van der Waals surface area contributed by atoms with Gasteiger partial charge in [0.2, 0.25) is 5.13 Å². The van der Waals surface area contributed by atoms with Gasteiger partial charge in [0.15, 0.2) is 4.34 Å². The summed E-state index contributed by atoms with van der Waals surface area (Å²) in [5.74, 6) is 0.784. The van der Waals surface area contributed by atoms with E-state index in [1.54, 1.807) is 11.3 Å². The van der Waals surface area contributed by atoms with Crippen molar-refractivity contribution in [1.29, 1.82) is 0 Å². The van der Waals surface area contributed by atoms with Crippen LogP contribution in [0.1, 0.15) is 24.9 Å². The third-order valence-corrected chi connectivity index (χ3v) is 3.92. The second kappa shape index (κ2) is 6.10. The molecule has 0 saturated heterocycles. The summed E-state index contributed by atoms with van der Waals surface area (Å²) < 4.78 is 0.895. The molecule has 96 valence electrons. The number of hydrogen-bond acceptors (Lipinski definition) is 7. The van der Waals surface area contributed by atoms with Crippen LogP contribution in [0.5, 0.6) is 0 Å². The van der Waals surface area contributed by atoms with E-state index in [2.05, 4.69) is 32.4 Å². The van der Waals surface area contributed by atoms with Gasteiger partial charge in [0.25, 0.3) is 0 Å². The Labute approximate surface area is 114 Å². The number of nitrogens with zero attached hydrogens (tertiary/aromatic N) is 4. The molecule has 0 spiro atoms. The topological polar surface area (TPSA) is 63.6 Å². The quantitative estimate of drug-likeness (QED) is 0.850. The van der Waals surface area contributed by atoms with Crippen molar-refractivity contribution in [1.82, 2.24) is 20.2 Å². The lowest BCUT2D eigenvalue weighted by atomic mass is 10.4. The van der Waals surface area contributed by atoms with E-state index in [1.165, 1.54) is 11.8 Å². The summed E-state index contributed by atoms with van der Waals surface area (Å²) in [6.45, 7) is 6.90. The van der Waals surface area contributed by atoms with Crippen LogP contribution in [0.4, 0.5) is 5.13 Å². The highest BCUT2D eigenvalue weighted by Gasteiger charge is 2.07. The average Bonchev–Trinajstić information content (AvgIpc) is 2.72. The first-order valence-electron chi connectivity index (χ1n) is 5.75. The number of aryl methyl sites for hydroxylation is 2. The van der Waals surface area contributed by atoms with E-state index in [0.29, 0.717) is 0 Å². The number of anilines is 1. The molecule has 2 heterocycles. The normalized spacial score (nSPS) is 10.6. The van der Waals surface area contributed by atoms with Crippen LogP contribution in [0, 0.1) is 13.8 Å². The minimum Gasteiger partial charge on any atom is -0.360 e. The zero-order chi connectivity index (χ0) is 13.0. The maximum atomic E-state index is 4.37. The zero-order valence-corrected chi connectivity index (χ0v) is 12.2. The van der Waals surface area contributed by atoms with Crippen molar-refractivity contribution in [2.75, 3.05) is 11.9 Å². The highest BCUT2D eigenvalue weighted by atomic mass is 32.2. The summed E-state index contributed by atoms with van der Waals surface area (Å²) in [7, 11) is 0. The number of nitrogens with one attached hydrogen (secondary N) is 1. The first kappa shape index (κ1) is 13.2. The van der Waals surface area contributed by atoms with Crippen LogP contribution in [0.2, 0.25) is 0 Å². The van der Waals surface area contributed by atoms with Crippen LogP contribution in [0.15, 0.2) is 15.4 Å². The fourth-order valence-electron chi connectivity index (χ4n) is 1.38. The fourth-order valence-corrected chi connectivity index (χ4v) is 3.21. The minimum atomic E-state index is 0.784. The third kappa shape index (κ3) is 3.64. The first-order chi connectivity index (χ1) is 8.67. The lowest BCUT2D eigenvalue weighted by Gasteiger charge is -1.99. The number of aromatic nitrogens is 4. The Bertz CT molecular complexity index is 506. The Morgan fingerprint density at radius 3 is 2.83 bits per heavy atom. The Morgan fingerprint density at radius 2 is 2.11 bits per heavy atom. The van der Waals surface area contributed by atoms with Crippen LogP contribution in [0.3, 0.4) is 0 Å². The molecule has 0 amide bonds. The summed E-state index contributed by atoms with van der Waals surface area (Å²) in [4.78, 5) is 8.62. The van der Waals surface area contributed by atoms with E-state index in [1.807, 2.05) is 19.9 Å². The van der Waals surface area contributed by atoms with Crippen molar-refractivity contribution in [3.05, 3.63) is 17.6 Å². The predicted molar refractivity (Wildman–Crippen MR) is 74.3 cm³/mol. The molecule has 2 aromatic rings. The van der Waals surface area contributed by atoms with E-state index >= 15 is 0 Å². The summed E-state index contributed by atoms with van der Waals surface area (Å²) in [5.41, 5.74) is 0.971. The lowest BCUT2D eigenvalue weighted by Crippen LogP contribution is -1.98. The Hall–Kier alpha value is -1.21. The fraction of sp³-hybridized carbons (Fsp3) is 0.455. The van der Waals surface area contributed by atoms with Gasteiger partial charge in [-0.2, -0.15) is 0 Å². The molecule has 0 aliphatic carbocycles. The van der Waals surface area contributed by atoms with E-state index in [9.17, 15) is 0 Å². The Balaban J connectivity index is 2.06. The maximum absolute atomic E-state index is 4.37. The van der Waals surface area contributed by atoms with Crippen LogP contribution >= 0.6 is 23.1 Å². The lowest BCUT2D eigenvalue weighted by molar-refractivity contribution is 0.930. The molecule has 2 rings (SSSR count). The largest absolute Gasteiger partial charge is 0.360 e. The molecule has 0 saturated carbocycles. The van der Waals surface area contributed by atoms with Gasteiger partial charge in [0.1, 0.15) is 10.9 Å². The van der Waals surface area contributed by atoms with Gasteiger partial charge in [-0.05, 0) is 38.1 Å². The molecule has 0 radical (unpaired) electrons. The van der Waals surface area contributed by atoms with Crippen molar-refractivity contribution in [2.24, 2.45) is 0 Å². The molecule has 18 heavy (non-hydrogen) atoms. The molecule has 0 unspecified atom stereocenters. The molecule has 0 atom stereocenters. The van der Waals surface area contributed by atoms with Gasteiger partial charge in [-0.1, -0.05) is 18.3 Å². The molecule has 7 heteroatoms. The van der Waals surface area contributed by atoms with Gasteiger partial charge < -0.3 is 5.32 Å². The minimum absolute atomic E-state index is 0.784. The van der Waals surface area contributed by atoms with Gasteiger partial charge in [-0.15, -0.1) is 10.2 Å². The van der Waals surface area contributed by atoms with Crippen molar-refractivity contribution >= 4 is 28.2 Å². The predicted octanol–water partition coefficient (Wildman–Crippen LogP) is 2.92. The van der Waals surface area contributed by atoms with Gasteiger partial charge in [0, 0.05) is 12.2 Å². The van der Waals surface area contributed by atoms with Crippen molar-refractivity contribution in [3.8, 4) is 0 Å². The van der Waals surface area contributed by atoms with Crippen LogP contribution < -0.4 is 5.32 Å². The molecule has 0 aromatic carbocycles. The average molecular weight is 281 g/mol. The van der Waals surface area contributed by atoms with Gasteiger partial charge in [-0.3, -0.25) is 0 Å². The molecule has 5 nitrogen and oxygen atoms in total. The van der Waals surface area contributed by atoms with Gasteiger partial charge in [0.05, 0.1) is 0 Å². The molecule has 1 N–H and O–H groups in total. The van der Waals surface area contributed by atoms with Crippen LogP contribution in [0.25, 0.3) is 0 Å². The van der Waals surface area contributed by atoms with Crippen molar-refractivity contribution < 1.29 is 0 Å². The summed E-state index contributed by atoms with van der Waals surface area (Å²) in [6, 6.07) is 1.96. The van der Waals surface area contributed by atoms with Crippen molar-refractivity contribution in [3.63, 3.8) is 0 Å². The molecule has 0 aliphatic heterocycles. The second-order valence-electron chi connectivity index (χ2n) is 3.80. The molecule has 0 fully saturated rings. The number of rotatable bonds is 5. The van der Waals surface area contributed by atoms with E-state index in [4.69, 9.17) is 0 Å². The molecule has 0 aliphatic rings. The van der Waals surface area contributed by atoms with E-state index in [0.717, 1.165) is 39.0 Å². The van der Waals surface area contributed by atoms with E-state index < -0.39 is 0 Å². The summed E-state index contributed by atoms with van der Waals surface area (Å²) >= 11 is 3.07. The number of hydrogen-bond donors (Lipinski definition) is 1. The molecule has 2 aromatic heterocycles. The smallest absolute Gasteiger partial charge is 0.206 e. The third-order valence-electron chi connectivity index (χ3n) is 2.07. The highest BCUT2D eigenvalue weighted by molar-refractivity contribution is 8.01. The molecular weight excluding hydrogens is 266 g/mol. The van der Waals surface area contributed by atoms with Crippen molar-refractivity contribution in [2.45, 2.75) is 36.6 Å². The van der Waals surface area contributed by atoms with Gasteiger partial charge >= 0.3 is 0 Å². The van der Waals surface area contributed by atoms with E-state index in [-0.39, 0.29) is 0 Å². The first-order valence-corrected chi connectivity index (χ1v) is 7.38. The molecular formula is C11H15N5S2. The second-order valence-corrected chi connectivity index (χ2v) is 6.04. The van der Waals surface area contributed by atoms with Crippen LogP contribution in [-0.4, -0.2) is 26.7 Å². The molecule has 0 bridgehead atoms. The summed E-state index contributed by atoms with van der Waals surface area (Å²) in [5, 5.41) is 13.2. The van der Waals surface area contributed by atoms with Crippen LogP contribution in [-0.2, 0) is 0 Å².